The van der Waals surface area contributed by atoms with E-state index in [9.17, 15) is 0 Å². The third-order valence-electron chi connectivity index (χ3n) is 2.37. The summed E-state index contributed by atoms with van der Waals surface area (Å²) in [6, 6.07) is 8.71. The van der Waals surface area contributed by atoms with Crippen molar-refractivity contribution in [3.63, 3.8) is 0 Å². The third-order valence-corrected chi connectivity index (χ3v) is 2.37. The second-order valence-electron chi connectivity index (χ2n) is 4.81. The Kier molecular flexibility index (Phi) is 4.83. The highest BCUT2D eigenvalue weighted by Crippen LogP contribution is 2.15. The number of ether oxygens (including phenoxy) is 1. The summed E-state index contributed by atoms with van der Waals surface area (Å²) in [7, 11) is 0. The Labute approximate surface area is 93.5 Å². The summed E-state index contributed by atoms with van der Waals surface area (Å²) in [6.45, 7) is 10.3. The van der Waals surface area contributed by atoms with Crippen LogP contribution in [0.4, 0.5) is 0 Å². The second kappa shape index (κ2) is 5.92. The topological polar surface area (TPSA) is 9.23 Å². The first-order valence-corrected chi connectivity index (χ1v) is 5.76. The molecular weight excluding hydrogens is 184 g/mol. The first-order valence-electron chi connectivity index (χ1n) is 5.76. The summed E-state index contributed by atoms with van der Waals surface area (Å²) in [5.41, 5.74) is 2.66. The molecule has 0 N–H and O–H groups in total. The van der Waals surface area contributed by atoms with Gasteiger partial charge in [0.25, 0.3) is 0 Å². The quantitative estimate of drug-likeness (QED) is 0.708. The molecule has 0 heterocycles. The minimum Gasteiger partial charge on any atom is -0.377 e. The average molecular weight is 206 g/mol. The predicted octanol–water partition coefficient (Wildman–Crippen LogP) is 3.98. The summed E-state index contributed by atoms with van der Waals surface area (Å²) in [6.07, 6.45) is 0. The highest BCUT2D eigenvalue weighted by atomic mass is 16.5. The summed E-state index contributed by atoms with van der Waals surface area (Å²) < 4.78 is 5.58. The van der Waals surface area contributed by atoms with Gasteiger partial charge < -0.3 is 4.74 Å². The molecule has 15 heavy (non-hydrogen) atoms. The normalized spacial score (nSPS) is 11.3. The summed E-state index contributed by atoms with van der Waals surface area (Å²) >= 11 is 0. The lowest BCUT2D eigenvalue weighted by molar-refractivity contribution is 0.0971. The first-order chi connectivity index (χ1) is 7.09. The van der Waals surface area contributed by atoms with Crippen LogP contribution in [0.2, 0.25) is 0 Å². The maximum Gasteiger partial charge on any atom is 0.0717 e. The van der Waals surface area contributed by atoms with Gasteiger partial charge in [0, 0.05) is 6.61 Å². The third kappa shape index (κ3) is 4.48. The van der Waals surface area contributed by atoms with Crippen LogP contribution in [0.3, 0.4) is 0 Å². The van der Waals surface area contributed by atoms with Crippen LogP contribution < -0.4 is 0 Å². The Morgan fingerprint density at radius 1 is 1.00 bits per heavy atom. The van der Waals surface area contributed by atoms with E-state index in [1.54, 1.807) is 0 Å². The van der Waals surface area contributed by atoms with E-state index in [1.165, 1.54) is 11.1 Å². The summed E-state index contributed by atoms with van der Waals surface area (Å²) in [5.74, 6) is 1.22. The van der Waals surface area contributed by atoms with Gasteiger partial charge in [0.2, 0.25) is 0 Å². The van der Waals surface area contributed by atoms with Gasteiger partial charge in [-0.1, -0.05) is 52.0 Å². The molecule has 0 fully saturated rings. The highest BCUT2D eigenvalue weighted by molar-refractivity contribution is 5.24. The zero-order chi connectivity index (χ0) is 11.3. The lowest BCUT2D eigenvalue weighted by Crippen LogP contribution is -2.01. The van der Waals surface area contributed by atoms with E-state index in [1.807, 2.05) is 0 Å². The Bertz CT molecular complexity index is 272. The molecule has 0 unspecified atom stereocenters. The lowest BCUT2D eigenvalue weighted by atomic mass is 10.0. The molecule has 84 valence electrons. The molecule has 1 heteroatoms. The molecule has 1 nitrogen and oxygen atoms in total. The number of hydrogen-bond acceptors (Lipinski definition) is 1. The Morgan fingerprint density at radius 2 is 1.60 bits per heavy atom. The second-order valence-corrected chi connectivity index (χ2v) is 4.81. The minimum atomic E-state index is 0.607. The van der Waals surface area contributed by atoms with Gasteiger partial charge in [-0.3, -0.25) is 0 Å². The molecule has 0 aromatic heterocycles. The van der Waals surface area contributed by atoms with E-state index in [2.05, 4.69) is 52.0 Å². The summed E-state index contributed by atoms with van der Waals surface area (Å²) in [5, 5.41) is 0. The fraction of sp³-hybridized carbons (Fsp3) is 0.571. The van der Waals surface area contributed by atoms with Crippen molar-refractivity contribution in [1.82, 2.24) is 0 Å². The molecule has 0 spiro atoms. The first kappa shape index (κ1) is 12.3. The average Bonchev–Trinajstić information content (AvgIpc) is 2.18. The zero-order valence-electron chi connectivity index (χ0n) is 10.3. The van der Waals surface area contributed by atoms with Crippen LogP contribution in [0.5, 0.6) is 0 Å². The molecular formula is C14H22O. The maximum absolute atomic E-state index is 5.58. The molecule has 0 saturated carbocycles. The van der Waals surface area contributed by atoms with Gasteiger partial charge in [0.05, 0.1) is 6.61 Å². The Balaban J connectivity index is 2.43. The number of hydrogen-bond donors (Lipinski definition) is 0. The highest BCUT2D eigenvalue weighted by Gasteiger charge is 1.99. The molecule has 0 aliphatic heterocycles. The molecule has 0 radical (unpaired) electrons. The van der Waals surface area contributed by atoms with Crippen molar-refractivity contribution in [2.45, 2.75) is 40.2 Å². The molecule has 0 bridgehead atoms. The van der Waals surface area contributed by atoms with Crippen LogP contribution in [0, 0.1) is 5.92 Å². The maximum atomic E-state index is 5.58. The predicted molar refractivity (Wildman–Crippen MR) is 65.0 cm³/mol. The van der Waals surface area contributed by atoms with Gasteiger partial charge in [-0.05, 0) is 23.0 Å². The number of rotatable bonds is 5. The molecule has 0 aliphatic carbocycles. The smallest absolute Gasteiger partial charge is 0.0717 e. The van der Waals surface area contributed by atoms with Gasteiger partial charge in [0.1, 0.15) is 0 Å². The molecule has 0 aliphatic rings. The van der Waals surface area contributed by atoms with Gasteiger partial charge >= 0.3 is 0 Å². The largest absolute Gasteiger partial charge is 0.377 e. The summed E-state index contributed by atoms with van der Waals surface area (Å²) in [4.78, 5) is 0. The van der Waals surface area contributed by atoms with Crippen LogP contribution in [-0.4, -0.2) is 6.61 Å². The van der Waals surface area contributed by atoms with Gasteiger partial charge in [0.15, 0.2) is 0 Å². The Hall–Kier alpha value is -0.820. The SMILES string of the molecule is CC(C)COCc1ccc(C(C)C)cc1. The standard InChI is InChI=1S/C14H22O/c1-11(2)9-15-10-13-5-7-14(8-6-13)12(3)4/h5-8,11-12H,9-10H2,1-4H3. The van der Waals surface area contributed by atoms with E-state index < -0.39 is 0 Å². The van der Waals surface area contributed by atoms with Crippen molar-refractivity contribution in [1.29, 1.82) is 0 Å². The molecule has 1 rings (SSSR count). The van der Waals surface area contributed by atoms with Crippen LogP contribution >= 0.6 is 0 Å². The molecule has 1 aromatic rings. The van der Waals surface area contributed by atoms with Crippen molar-refractivity contribution < 1.29 is 4.74 Å². The van der Waals surface area contributed by atoms with E-state index in [4.69, 9.17) is 4.74 Å². The molecule has 1 aromatic carbocycles. The van der Waals surface area contributed by atoms with Crippen molar-refractivity contribution in [3.8, 4) is 0 Å². The van der Waals surface area contributed by atoms with Gasteiger partial charge in [-0.2, -0.15) is 0 Å². The molecule has 0 saturated heterocycles. The molecule has 0 atom stereocenters. The van der Waals surface area contributed by atoms with Crippen LogP contribution in [0.25, 0.3) is 0 Å². The van der Waals surface area contributed by atoms with E-state index >= 15 is 0 Å². The van der Waals surface area contributed by atoms with E-state index in [0.29, 0.717) is 11.8 Å². The fourth-order valence-electron chi connectivity index (χ4n) is 1.41. The van der Waals surface area contributed by atoms with Crippen molar-refractivity contribution in [2.75, 3.05) is 6.61 Å². The fourth-order valence-corrected chi connectivity index (χ4v) is 1.41. The van der Waals surface area contributed by atoms with Crippen molar-refractivity contribution in [2.24, 2.45) is 5.92 Å². The number of benzene rings is 1. The monoisotopic (exact) mass is 206 g/mol. The van der Waals surface area contributed by atoms with Crippen molar-refractivity contribution >= 4 is 0 Å². The van der Waals surface area contributed by atoms with Crippen LogP contribution in [-0.2, 0) is 11.3 Å². The zero-order valence-corrected chi connectivity index (χ0v) is 10.3. The minimum absolute atomic E-state index is 0.607. The van der Waals surface area contributed by atoms with Gasteiger partial charge in [-0.25, -0.2) is 0 Å². The van der Waals surface area contributed by atoms with Gasteiger partial charge in [-0.15, -0.1) is 0 Å². The van der Waals surface area contributed by atoms with E-state index in [0.717, 1.165) is 13.2 Å². The van der Waals surface area contributed by atoms with Crippen LogP contribution in [0.1, 0.15) is 44.7 Å². The molecule has 0 amide bonds. The Morgan fingerprint density at radius 3 is 2.07 bits per heavy atom. The van der Waals surface area contributed by atoms with E-state index in [-0.39, 0.29) is 0 Å². The lowest BCUT2D eigenvalue weighted by Gasteiger charge is -2.09. The van der Waals surface area contributed by atoms with Crippen molar-refractivity contribution in [3.05, 3.63) is 35.4 Å². The van der Waals surface area contributed by atoms with Crippen LogP contribution in [0.15, 0.2) is 24.3 Å².